The highest BCUT2D eigenvalue weighted by atomic mass is 32.1. The third-order valence-corrected chi connectivity index (χ3v) is 4.09. The average Bonchev–Trinajstić information content (AvgIpc) is 2.95. The SMILES string of the molecule is CC(CO)CCCNC(=O)Cn1cnc2sccc2c1=O. The molecule has 0 saturated heterocycles. The number of fused-ring (bicyclic) bond motifs is 1. The first kappa shape index (κ1) is 15.7. The largest absolute Gasteiger partial charge is 0.396 e. The van der Waals surface area contributed by atoms with Gasteiger partial charge < -0.3 is 10.4 Å². The molecule has 7 heteroatoms. The summed E-state index contributed by atoms with van der Waals surface area (Å²) in [6.45, 7) is 2.65. The molecule has 0 fully saturated rings. The van der Waals surface area contributed by atoms with Gasteiger partial charge in [-0.2, -0.15) is 0 Å². The molecule has 0 aliphatic heterocycles. The maximum Gasteiger partial charge on any atom is 0.262 e. The molecule has 1 amide bonds. The van der Waals surface area contributed by atoms with Crippen LogP contribution >= 0.6 is 11.3 Å². The minimum atomic E-state index is -0.204. The number of carbonyl (C=O) groups excluding carboxylic acids is 1. The van der Waals surface area contributed by atoms with Gasteiger partial charge in [-0.05, 0) is 30.2 Å². The minimum absolute atomic E-state index is 0.0207. The van der Waals surface area contributed by atoms with Gasteiger partial charge in [-0.25, -0.2) is 4.98 Å². The number of amides is 1. The number of aliphatic hydroxyl groups excluding tert-OH is 1. The van der Waals surface area contributed by atoms with E-state index in [0.717, 1.165) is 12.8 Å². The van der Waals surface area contributed by atoms with Gasteiger partial charge in [-0.15, -0.1) is 11.3 Å². The van der Waals surface area contributed by atoms with Gasteiger partial charge in [-0.3, -0.25) is 14.2 Å². The molecule has 114 valence electrons. The quantitative estimate of drug-likeness (QED) is 0.747. The molecule has 2 rings (SSSR count). The van der Waals surface area contributed by atoms with Gasteiger partial charge in [-0.1, -0.05) is 6.92 Å². The van der Waals surface area contributed by atoms with Crippen LogP contribution in [0.4, 0.5) is 0 Å². The summed E-state index contributed by atoms with van der Waals surface area (Å²) in [6, 6.07) is 1.72. The average molecular weight is 309 g/mol. The van der Waals surface area contributed by atoms with Crippen molar-refractivity contribution in [3.05, 3.63) is 28.1 Å². The van der Waals surface area contributed by atoms with E-state index in [4.69, 9.17) is 5.11 Å². The van der Waals surface area contributed by atoms with Gasteiger partial charge in [0.2, 0.25) is 5.91 Å². The van der Waals surface area contributed by atoms with E-state index >= 15 is 0 Å². The second kappa shape index (κ2) is 7.33. The van der Waals surface area contributed by atoms with Crippen molar-refractivity contribution in [3.8, 4) is 0 Å². The Morgan fingerprint density at radius 1 is 1.57 bits per heavy atom. The lowest BCUT2D eigenvalue weighted by atomic mass is 10.1. The molecule has 1 atom stereocenters. The summed E-state index contributed by atoms with van der Waals surface area (Å²) in [5.74, 6) is 0.0415. The van der Waals surface area contributed by atoms with Crippen LogP contribution in [-0.2, 0) is 11.3 Å². The third kappa shape index (κ3) is 4.12. The first-order valence-electron chi connectivity index (χ1n) is 6.92. The molecule has 0 aromatic carbocycles. The smallest absolute Gasteiger partial charge is 0.262 e. The van der Waals surface area contributed by atoms with Crippen molar-refractivity contribution >= 4 is 27.5 Å². The number of aliphatic hydroxyl groups is 1. The van der Waals surface area contributed by atoms with E-state index in [2.05, 4.69) is 10.3 Å². The van der Waals surface area contributed by atoms with E-state index in [1.807, 2.05) is 12.3 Å². The highest BCUT2D eigenvalue weighted by Gasteiger charge is 2.08. The molecule has 0 aliphatic carbocycles. The van der Waals surface area contributed by atoms with E-state index in [1.54, 1.807) is 6.07 Å². The summed E-state index contributed by atoms with van der Waals surface area (Å²) >= 11 is 1.41. The number of hydrogen-bond donors (Lipinski definition) is 2. The van der Waals surface area contributed by atoms with Crippen molar-refractivity contribution in [2.75, 3.05) is 13.2 Å². The van der Waals surface area contributed by atoms with Gasteiger partial charge in [0, 0.05) is 13.2 Å². The lowest BCUT2D eigenvalue weighted by Gasteiger charge is -2.09. The normalized spacial score (nSPS) is 12.5. The van der Waals surface area contributed by atoms with Gasteiger partial charge >= 0.3 is 0 Å². The van der Waals surface area contributed by atoms with Gasteiger partial charge in [0.1, 0.15) is 11.4 Å². The zero-order valence-electron chi connectivity index (χ0n) is 11.9. The summed E-state index contributed by atoms with van der Waals surface area (Å²) in [4.78, 5) is 28.8. The maximum atomic E-state index is 12.1. The van der Waals surface area contributed by atoms with Crippen LogP contribution in [0.5, 0.6) is 0 Å². The molecule has 21 heavy (non-hydrogen) atoms. The fourth-order valence-corrected chi connectivity index (χ4v) is 2.71. The highest BCUT2D eigenvalue weighted by molar-refractivity contribution is 7.16. The molecule has 0 bridgehead atoms. The second-order valence-electron chi connectivity index (χ2n) is 5.10. The zero-order valence-corrected chi connectivity index (χ0v) is 12.7. The summed E-state index contributed by atoms with van der Waals surface area (Å²) in [7, 11) is 0. The first-order chi connectivity index (χ1) is 10.1. The summed E-state index contributed by atoms with van der Waals surface area (Å²) in [6.07, 6.45) is 3.08. The molecular weight excluding hydrogens is 290 g/mol. The van der Waals surface area contributed by atoms with Crippen molar-refractivity contribution < 1.29 is 9.90 Å². The number of thiophene rings is 1. The number of aromatic nitrogens is 2. The fraction of sp³-hybridized carbons (Fsp3) is 0.500. The summed E-state index contributed by atoms with van der Waals surface area (Å²) in [5.41, 5.74) is -0.190. The van der Waals surface area contributed by atoms with Crippen LogP contribution < -0.4 is 10.9 Å². The standard InChI is InChI=1S/C14H19N3O3S/c1-10(8-18)3-2-5-15-12(19)7-17-9-16-13-11(14(17)20)4-6-21-13/h4,6,9-10,18H,2-3,5,7-8H2,1H3,(H,15,19). The lowest BCUT2D eigenvalue weighted by Crippen LogP contribution is -2.33. The Kier molecular flexibility index (Phi) is 5.46. The maximum absolute atomic E-state index is 12.1. The predicted octanol–water partition coefficient (Wildman–Crippen LogP) is 0.983. The number of nitrogens with zero attached hydrogens (tertiary/aromatic N) is 2. The molecule has 0 spiro atoms. The highest BCUT2D eigenvalue weighted by Crippen LogP contribution is 2.13. The van der Waals surface area contributed by atoms with Crippen LogP contribution in [-0.4, -0.2) is 33.7 Å². The number of rotatable bonds is 7. The van der Waals surface area contributed by atoms with Crippen LogP contribution in [0.15, 0.2) is 22.6 Å². The van der Waals surface area contributed by atoms with Crippen molar-refractivity contribution in [2.45, 2.75) is 26.3 Å². The lowest BCUT2D eigenvalue weighted by molar-refractivity contribution is -0.121. The Morgan fingerprint density at radius 3 is 3.14 bits per heavy atom. The molecular formula is C14H19N3O3S. The first-order valence-corrected chi connectivity index (χ1v) is 7.80. The number of carbonyl (C=O) groups is 1. The Morgan fingerprint density at radius 2 is 2.38 bits per heavy atom. The Bertz CT molecular complexity index is 665. The van der Waals surface area contributed by atoms with Crippen LogP contribution in [0.1, 0.15) is 19.8 Å². The number of hydrogen-bond acceptors (Lipinski definition) is 5. The molecule has 0 saturated carbocycles. The molecule has 0 aliphatic rings. The van der Waals surface area contributed by atoms with Crippen molar-refractivity contribution in [3.63, 3.8) is 0 Å². The Hall–Kier alpha value is -1.73. The van der Waals surface area contributed by atoms with Crippen LogP contribution in [0.25, 0.3) is 10.2 Å². The number of nitrogens with one attached hydrogen (secondary N) is 1. The zero-order chi connectivity index (χ0) is 15.2. The topological polar surface area (TPSA) is 84.2 Å². The van der Waals surface area contributed by atoms with E-state index in [9.17, 15) is 9.59 Å². The second-order valence-corrected chi connectivity index (χ2v) is 5.99. The fourth-order valence-electron chi connectivity index (χ4n) is 1.99. The summed E-state index contributed by atoms with van der Waals surface area (Å²) < 4.78 is 1.32. The van der Waals surface area contributed by atoms with Crippen LogP contribution in [0.2, 0.25) is 0 Å². The molecule has 2 aromatic heterocycles. The molecule has 6 nitrogen and oxygen atoms in total. The Balaban J connectivity index is 1.87. The van der Waals surface area contributed by atoms with E-state index in [-0.39, 0.29) is 30.5 Å². The monoisotopic (exact) mass is 309 g/mol. The molecule has 0 radical (unpaired) electrons. The Labute approximate surface area is 126 Å². The van der Waals surface area contributed by atoms with Gasteiger partial charge in [0.25, 0.3) is 5.56 Å². The molecule has 2 heterocycles. The molecule has 1 unspecified atom stereocenters. The van der Waals surface area contributed by atoms with E-state index in [0.29, 0.717) is 16.8 Å². The van der Waals surface area contributed by atoms with Crippen LogP contribution in [0, 0.1) is 5.92 Å². The predicted molar refractivity (Wildman–Crippen MR) is 82.4 cm³/mol. The summed E-state index contributed by atoms with van der Waals surface area (Å²) in [5, 5.41) is 14.0. The van der Waals surface area contributed by atoms with Gasteiger partial charge in [0.05, 0.1) is 11.7 Å². The molecule has 2 N–H and O–H groups in total. The van der Waals surface area contributed by atoms with E-state index in [1.165, 1.54) is 22.2 Å². The van der Waals surface area contributed by atoms with Crippen molar-refractivity contribution in [1.29, 1.82) is 0 Å². The van der Waals surface area contributed by atoms with Crippen molar-refractivity contribution in [2.24, 2.45) is 5.92 Å². The molecule has 2 aromatic rings. The van der Waals surface area contributed by atoms with Gasteiger partial charge in [0.15, 0.2) is 0 Å². The van der Waals surface area contributed by atoms with Crippen LogP contribution in [0.3, 0.4) is 0 Å². The van der Waals surface area contributed by atoms with Crippen molar-refractivity contribution in [1.82, 2.24) is 14.9 Å². The van der Waals surface area contributed by atoms with E-state index < -0.39 is 0 Å². The third-order valence-electron chi connectivity index (χ3n) is 3.27. The minimum Gasteiger partial charge on any atom is -0.396 e.